The van der Waals surface area contributed by atoms with Crippen LogP contribution in [0.3, 0.4) is 0 Å². The van der Waals surface area contributed by atoms with Gasteiger partial charge in [-0.3, -0.25) is 4.90 Å². The molecule has 96 valence electrons. The Balaban J connectivity index is 1.68. The molecule has 3 rings (SSSR count). The lowest BCUT2D eigenvalue weighted by molar-refractivity contribution is 0.150. The summed E-state index contributed by atoms with van der Waals surface area (Å²) >= 11 is 3.31. The first kappa shape index (κ1) is 11.7. The second kappa shape index (κ2) is 4.72. The maximum absolute atomic E-state index is 11.5. The van der Waals surface area contributed by atoms with Gasteiger partial charge in [0, 0.05) is 25.5 Å². The second-order valence-corrected chi connectivity index (χ2v) is 5.31. The lowest BCUT2D eigenvalue weighted by Gasteiger charge is -2.21. The van der Waals surface area contributed by atoms with Gasteiger partial charge in [0.1, 0.15) is 6.61 Å². The largest absolute Gasteiger partial charge is 0.448 e. The van der Waals surface area contributed by atoms with E-state index in [0.29, 0.717) is 19.1 Å². The van der Waals surface area contributed by atoms with Crippen molar-refractivity contribution in [2.24, 2.45) is 0 Å². The number of amides is 1. The Morgan fingerprint density at radius 1 is 1.33 bits per heavy atom. The van der Waals surface area contributed by atoms with E-state index in [-0.39, 0.29) is 12.1 Å². The van der Waals surface area contributed by atoms with E-state index in [1.54, 1.807) is 17.3 Å². The summed E-state index contributed by atoms with van der Waals surface area (Å²) in [6.07, 6.45) is 4.22. The number of cyclic esters (lactones) is 1. The quantitative estimate of drug-likeness (QED) is 0.823. The van der Waals surface area contributed by atoms with Gasteiger partial charge in [-0.2, -0.15) is 0 Å². The van der Waals surface area contributed by atoms with E-state index in [0.717, 1.165) is 24.0 Å². The number of rotatable bonds is 2. The Morgan fingerprint density at radius 2 is 2.11 bits per heavy atom. The monoisotopic (exact) mass is 312 g/mol. The van der Waals surface area contributed by atoms with Gasteiger partial charge in [0.2, 0.25) is 5.95 Å². The molecule has 0 N–H and O–H groups in total. The number of hydrogen-bond donors (Lipinski definition) is 0. The van der Waals surface area contributed by atoms with Gasteiger partial charge in [-0.05, 0) is 22.4 Å². The van der Waals surface area contributed by atoms with Crippen molar-refractivity contribution in [1.82, 2.24) is 14.9 Å². The van der Waals surface area contributed by atoms with Gasteiger partial charge in [-0.1, -0.05) is 0 Å². The third-order valence-electron chi connectivity index (χ3n) is 3.29. The number of hydrogen-bond acceptors (Lipinski definition) is 5. The predicted octanol–water partition coefficient (Wildman–Crippen LogP) is 1.27. The molecule has 1 atom stereocenters. The van der Waals surface area contributed by atoms with E-state index in [1.807, 2.05) is 0 Å². The van der Waals surface area contributed by atoms with Gasteiger partial charge < -0.3 is 9.64 Å². The molecule has 0 saturated carbocycles. The van der Waals surface area contributed by atoms with Crippen LogP contribution in [0.1, 0.15) is 6.42 Å². The summed E-state index contributed by atoms with van der Waals surface area (Å²) < 4.78 is 5.83. The summed E-state index contributed by atoms with van der Waals surface area (Å²) in [7, 11) is 0. The van der Waals surface area contributed by atoms with E-state index in [9.17, 15) is 4.79 Å². The third-order valence-corrected chi connectivity index (χ3v) is 3.70. The lowest BCUT2D eigenvalue weighted by Crippen LogP contribution is -2.38. The summed E-state index contributed by atoms with van der Waals surface area (Å²) in [6.45, 7) is 2.84. The van der Waals surface area contributed by atoms with Crippen molar-refractivity contribution in [3.8, 4) is 0 Å². The Kier molecular flexibility index (Phi) is 3.07. The van der Waals surface area contributed by atoms with Gasteiger partial charge >= 0.3 is 6.09 Å². The molecule has 1 unspecified atom stereocenters. The van der Waals surface area contributed by atoms with Crippen LogP contribution in [0.15, 0.2) is 16.9 Å². The van der Waals surface area contributed by atoms with E-state index >= 15 is 0 Å². The molecule has 1 aromatic heterocycles. The number of aromatic nitrogens is 2. The minimum absolute atomic E-state index is 0.196. The average molecular weight is 313 g/mol. The van der Waals surface area contributed by atoms with Gasteiger partial charge in [0.05, 0.1) is 17.1 Å². The van der Waals surface area contributed by atoms with Crippen LogP contribution < -0.4 is 4.90 Å². The molecule has 2 aliphatic rings. The van der Waals surface area contributed by atoms with Crippen molar-refractivity contribution in [3.05, 3.63) is 16.9 Å². The van der Waals surface area contributed by atoms with Crippen molar-refractivity contribution < 1.29 is 9.53 Å². The lowest BCUT2D eigenvalue weighted by atomic mass is 10.2. The molecule has 0 aliphatic carbocycles. The van der Waals surface area contributed by atoms with Crippen molar-refractivity contribution in [3.63, 3.8) is 0 Å². The molecule has 0 bridgehead atoms. The minimum Gasteiger partial charge on any atom is -0.448 e. The molecule has 0 radical (unpaired) electrons. The highest BCUT2D eigenvalue weighted by molar-refractivity contribution is 9.10. The Hall–Kier alpha value is -1.37. The van der Waals surface area contributed by atoms with E-state index in [1.165, 1.54) is 0 Å². The summed E-state index contributed by atoms with van der Waals surface area (Å²) in [6, 6.07) is 0.215. The number of halogens is 1. The van der Waals surface area contributed by atoms with Crippen molar-refractivity contribution >= 4 is 28.0 Å². The first-order chi connectivity index (χ1) is 8.74. The van der Waals surface area contributed by atoms with Crippen LogP contribution in [0, 0.1) is 0 Å². The number of anilines is 1. The van der Waals surface area contributed by atoms with Crippen LogP contribution in [0.2, 0.25) is 0 Å². The molecule has 1 aromatic rings. The molecular formula is C11H13BrN4O2. The molecule has 0 spiro atoms. The fourth-order valence-electron chi connectivity index (χ4n) is 2.38. The molecule has 2 aliphatic heterocycles. The average Bonchev–Trinajstić information content (AvgIpc) is 2.98. The molecular weight excluding hydrogens is 300 g/mol. The molecule has 6 nitrogen and oxygen atoms in total. The normalized spacial score (nSPS) is 23.6. The molecule has 1 amide bonds. The maximum atomic E-state index is 11.5. The highest BCUT2D eigenvalue weighted by Gasteiger charge is 2.35. The predicted molar refractivity (Wildman–Crippen MR) is 68.4 cm³/mol. The van der Waals surface area contributed by atoms with Gasteiger partial charge in [0.15, 0.2) is 0 Å². The van der Waals surface area contributed by atoms with Gasteiger partial charge in [-0.15, -0.1) is 0 Å². The molecule has 2 saturated heterocycles. The summed E-state index contributed by atoms with van der Waals surface area (Å²) in [5, 5.41) is 0. The summed E-state index contributed by atoms with van der Waals surface area (Å²) in [5.41, 5.74) is 0. The van der Waals surface area contributed by atoms with Crippen molar-refractivity contribution in [2.45, 2.75) is 12.5 Å². The third kappa shape index (κ3) is 2.14. The molecule has 3 heterocycles. The van der Waals surface area contributed by atoms with Gasteiger partial charge in [-0.25, -0.2) is 14.8 Å². The Labute approximate surface area is 113 Å². The highest BCUT2D eigenvalue weighted by atomic mass is 79.9. The van der Waals surface area contributed by atoms with E-state index in [2.05, 4.69) is 30.8 Å². The molecule has 18 heavy (non-hydrogen) atoms. The first-order valence-corrected chi connectivity index (χ1v) is 6.69. The van der Waals surface area contributed by atoms with Crippen molar-refractivity contribution in [2.75, 3.05) is 31.1 Å². The summed E-state index contributed by atoms with van der Waals surface area (Å²) in [5.74, 6) is 0.716. The van der Waals surface area contributed by atoms with Crippen LogP contribution >= 0.6 is 15.9 Å². The fourth-order valence-corrected chi connectivity index (χ4v) is 2.59. The Morgan fingerprint density at radius 3 is 2.78 bits per heavy atom. The first-order valence-electron chi connectivity index (χ1n) is 5.90. The van der Waals surface area contributed by atoms with Gasteiger partial charge in [0.25, 0.3) is 0 Å². The van der Waals surface area contributed by atoms with Crippen LogP contribution in [0.25, 0.3) is 0 Å². The minimum atomic E-state index is -0.196. The second-order valence-electron chi connectivity index (χ2n) is 4.40. The summed E-state index contributed by atoms with van der Waals surface area (Å²) in [4.78, 5) is 23.9. The molecule has 7 heteroatoms. The van der Waals surface area contributed by atoms with Crippen LogP contribution in [0.4, 0.5) is 10.7 Å². The number of carbonyl (C=O) groups excluding carboxylic acids is 1. The van der Waals surface area contributed by atoms with E-state index < -0.39 is 0 Å². The van der Waals surface area contributed by atoms with Crippen LogP contribution in [-0.2, 0) is 4.74 Å². The molecule has 0 aromatic carbocycles. The maximum Gasteiger partial charge on any atom is 0.410 e. The zero-order valence-electron chi connectivity index (χ0n) is 9.75. The van der Waals surface area contributed by atoms with Crippen molar-refractivity contribution in [1.29, 1.82) is 0 Å². The highest BCUT2D eigenvalue weighted by Crippen LogP contribution is 2.22. The number of ether oxygens (including phenoxy) is 1. The van der Waals surface area contributed by atoms with Crippen LogP contribution in [0.5, 0.6) is 0 Å². The SMILES string of the molecule is O=C1OCCN1C1CCN(c2ncc(Br)cn2)C1. The van der Waals surface area contributed by atoms with Crippen LogP contribution in [-0.4, -0.2) is 53.2 Å². The number of nitrogens with zero attached hydrogens (tertiary/aromatic N) is 4. The standard InChI is InChI=1S/C11H13BrN4O2/c12-8-5-13-10(14-6-8)15-2-1-9(7-15)16-3-4-18-11(16)17/h5-6,9H,1-4,7H2. The number of carbonyl (C=O) groups is 1. The zero-order chi connectivity index (χ0) is 12.5. The van der Waals surface area contributed by atoms with E-state index in [4.69, 9.17) is 4.74 Å². The zero-order valence-corrected chi connectivity index (χ0v) is 11.3. The Bertz CT molecular complexity index is 453. The topological polar surface area (TPSA) is 58.6 Å². The fraction of sp³-hybridized carbons (Fsp3) is 0.545. The molecule has 2 fully saturated rings. The smallest absolute Gasteiger partial charge is 0.410 e.